The fourth-order valence-electron chi connectivity index (χ4n) is 12.6. The topological polar surface area (TPSA) is 348 Å². The SMILES string of the molecule is CCC(=O)OC1C(OC2C(C)C(OC3CC(C)(OC)C(O)C(C)O3)C(C)C(=O)OC(CC)C(C)(O)C(O)C(C)C(=O)C(C)CC2(C)O)OC(C)CC1N(C)C.CCCCCCCCCCCCOS(=O)(=O)O.COC(=O)Nc1nc2ccc(C(=O)c3ccccc3)cc2[nH]1. The third kappa shape index (κ3) is 23.6. The number of carbonyl (C=O) groups excluding carboxylic acids is 5. The second kappa shape index (κ2) is 37.6. The fraction of sp³-hybridized carbons (Fsp3) is 0.735. The maximum Gasteiger partial charge on any atom is 0.413 e. The van der Waals surface area contributed by atoms with Crippen LogP contribution in [0.15, 0.2) is 48.5 Å². The Morgan fingerprint density at radius 2 is 1.40 bits per heavy atom. The first kappa shape index (κ1) is 81.4. The molecule has 26 heteroatoms. The van der Waals surface area contributed by atoms with Gasteiger partial charge in [0.25, 0.3) is 0 Å². The summed E-state index contributed by atoms with van der Waals surface area (Å²) in [4.78, 5) is 73.6. The third-order valence-corrected chi connectivity index (χ3v) is 18.7. The Labute approximate surface area is 556 Å². The number of Topliss-reactive ketones (excluding diaryl/α,β-unsaturated/α-hetero) is 1. The molecule has 3 fully saturated rings. The monoisotopic (exact) mass is 1350 g/mol. The van der Waals surface area contributed by atoms with E-state index in [2.05, 4.69) is 31.1 Å². The summed E-state index contributed by atoms with van der Waals surface area (Å²) in [5.74, 6) is -5.39. The second-order valence-corrected chi connectivity index (χ2v) is 27.4. The first-order valence-corrected chi connectivity index (χ1v) is 34.6. The predicted molar refractivity (Wildman–Crippen MR) is 352 cm³/mol. The smallest absolute Gasteiger partial charge is 0.413 e. The lowest BCUT2D eigenvalue weighted by Gasteiger charge is -2.49. The highest BCUT2D eigenvalue weighted by Crippen LogP contribution is 2.41. The zero-order chi connectivity index (χ0) is 70.5. The van der Waals surface area contributed by atoms with Crippen LogP contribution >= 0.6 is 0 Å². The van der Waals surface area contributed by atoms with Gasteiger partial charge in [0.1, 0.15) is 23.6 Å². The summed E-state index contributed by atoms with van der Waals surface area (Å²) in [6.45, 7) is 20.3. The molecule has 6 rings (SSSR count). The van der Waals surface area contributed by atoms with Crippen molar-refractivity contribution in [2.24, 2.45) is 23.7 Å². The van der Waals surface area contributed by atoms with Crippen molar-refractivity contribution in [3.05, 3.63) is 59.7 Å². The zero-order valence-electron chi connectivity index (χ0n) is 58.2. The molecule has 0 spiro atoms. The van der Waals surface area contributed by atoms with Crippen molar-refractivity contribution < 1.29 is 99.4 Å². The molecule has 3 saturated heterocycles. The first-order chi connectivity index (χ1) is 44.1. The van der Waals surface area contributed by atoms with Crippen molar-refractivity contribution in [3.8, 4) is 0 Å². The van der Waals surface area contributed by atoms with Crippen molar-refractivity contribution in [1.82, 2.24) is 14.9 Å². The minimum Gasteiger partial charge on any atom is -0.459 e. The summed E-state index contributed by atoms with van der Waals surface area (Å²) in [5.41, 5.74) is -2.44. The van der Waals surface area contributed by atoms with Crippen LogP contribution in [0, 0.1) is 23.7 Å². The molecule has 0 saturated carbocycles. The number of unbranched alkanes of at least 4 members (excludes halogenated alkanes) is 9. The Bertz CT molecular complexity index is 2950. The van der Waals surface area contributed by atoms with E-state index in [4.69, 9.17) is 37.7 Å². The van der Waals surface area contributed by atoms with Gasteiger partial charge in [-0.15, -0.1) is 0 Å². The van der Waals surface area contributed by atoms with Crippen LogP contribution in [0.5, 0.6) is 0 Å². The maximum absolute atomic E-state index is 14.2. The number of amides is 1. The van der Waals surface area contributed by atoms with Crippen LogP contribution in [0.25, 0.3) is 11.0 Å². The lowest BCUT2D eigenvalue weighted by molar-refractivity contribution is -0.319. The molecular formula is C68H110N4O21S. The largest absolute Gasteiger partial charge is 0.459 e. The van der Waals surface area contributed by atoms with Gasteiger partial charge in [0, 0.05) is 48.8 Å². The summed E-state index contributed by atoms with van der Waals surface area (Å²) < 4.78 is 81.1. The van der Waals surface area contributed by atoms with E-state index in [1.807, 2.05) is 44.1 Å². The standard InChI is InChI=1S/C40H71NO14.C16H13N3O3.C12H26O4S/c1-15-27-40(11,48)33(44)22(5)30(43)20(3)18-38(9,47)35(55-37-32(53-28(42)16-2)26(41(12)13)17-21(4)50-37)23(6)31(24(7)36(46)52-27)54-29-19-39(10,49-14)34(45)25(8)51-29;1-22-16(21)19-15-17-12-8-7-11(9-13(12)18-15)14(20)10-5-3-2-4-6-10;1-2-3-4-5-6-7-8-9-10-11-12-16-17(13,14)15/h20-27,29,31-35,37,44-45,47-48H,15-19H2,1-14H3;2-9H,1H3,(H2,17,18,19,21);2-12H2,1H3,(H,13,14,15). The van der Waals surface area contributed by atoms with Gasteiger partial charge in [-0.3, -0.25) is 29.0 Å². The van der Waals surface area contributed by atoms with E-state index >= 15 is 0 Å². The number of fused-ring (bicyclic) bond motifs is 1. The van der Waals surface area contributed by atoms with Gasteiger partial charge in [-0.2, -0.15) is 8.42 Å². The summed E-state index contributed by atoms with van der Waals surface area (Å²) in [7, 11) is 2.25. The van der Waals surface area contributed by atoms with Gasteiger partial charge in [0.2, 0.25) is 5.95 Å². The van der Waals surface area contributed by atoms with E-state index in [0.29, 0.717) is 35.0 Å². The molecule has 1 aromatic heterocycles. The van der Waals surface area contributed by atoms with Gasteiger partial charge in [-0.25, -0.2) is 14.0 Å². The molecule has 3 aliphatic heterocycles. The van der Waals surface area contributed by atoms with Gasteiger partial charge >= 0.3 is 28.4 Å². The number of benzene rings is 2. The zero-order valence-corrected chi connectivity index (χ0v) is 59.0. The Morgan fingerprint density at radius 3 is 1.97 bits per heavy atom. The molecule has 2 aromatic carbocycles. The molecule has 0 radical (unpaired) electrons. The number of ether oxygens (including phenoxy) is 8. The first-order valence-electron chi connectivity index (χ1n) is 33.2. The fourth-order valence-corrected chi connectivity index (χ4v) is 13.0. The Balaban J connectivity index is 0.000000389. The van der Waals surface area contributed by atoms with E-state index in [-0.39, 0.29) is 56.2 Å². The van der Waals surface area contributed by atoms with Gasteiger partial charge < -0.3 is 68.2 Å². The number of likely N-dealkylation sites (N-methyl/N-ethyl adjacent to an activating group) is 1. The van der Waals surface area contributed by atoms with Gasteiger partial charge in [0.15, 0.2) is 24.5 Å². The van der Waals surface area contributed by atoms with Crippen LogP contribution < -0.4 is 5.32 Å². The number of aromatic amines is 1. The van der Waals surface area contributed by atoms with Crippen LogP contribution in [0.1, 0.15) is 195 Å². The van der Waals surface area contributed by atoms with Gasteiger partial charge in [-0.1, -0.05) is 130 Å². The maximum atomic E-state index is 14.2. The summed E-state index contributed by atoms with van der Waals surface area (Å²) in [5, 5.41) is 49.0. The Hall–Kier alpha value is -5.07. The van der Waals surface area contributed by atoms with E-state index < -0.39 is 130 Å². The van der Waals surface area contributed by atoms with Crippen molar-refractivity contribution in [2.45, 2.75) is 264 Å². The van der Waals surface area contributed by atoms with E-state index in [9.17, 15) is 52.8 Å². The minimum absolute atomic E-state index is 0.0698. The molecule has 1 amide bonds. The predicted octanol–water partition coefficient (Wildman–Crippen LogP) is 9.45. The van der Waals surface area contributed by atoms with E-state index in [0.717, 1.165) is 12.8 Å². The van der Waals surface area contributed by atoms with Gasteiger partial charge in [0.05, 0.1) is 78.4 Å². The molecular weight excluding hydrogens is 1240 g/mol. The molecule has 4 heterocycles. The Morgan fingerprint density at radius 1 is 0.787 bits per heavy atom. The average Bonchev–Trinajstić information content (AvgIpc) is 0.904. The number of aromatic nitrogens is 2. The highest BCUT2D eigenvalue weighted by molar-refractivity contribution is 7.80. The number of nitrogens with one attached hydrogen (secondary N) is 2. The van der Waals surface area contributed by atoms with E-state index in [1.165, 1.54) is 79.9 Å². The number of hydrogen-bond donors (Lipinski definition) is 7. The number of hydrogen-bond acceptors (Lipinski definition) is 22. The number of imidazole rings is 1. The van der Waals surface area contributed by atoms with Crippen LogP contribution in [0.4, 0.5) is 10.7 Å². The molecule has 0 aliphatic carbocycles. The highest BCUT2D eigenvalue weighted by atomic mass is 32.3. The number of H-pyrrole nitrogens is 1. The third-order valence-electron chi connectivity index (χ3n) is 18.3. The molecule has 7 N–H and O–H groups in total. The summed E-state index contributed by atoms with van der Waals surface area (Å²) in [6.07, 6.45) is 1.56. The van der Waals surface area contributed by atoms with Crippen LogP contribution in [0.3, 0.4) is 0 Å². The molecule has 3 aliphatic rings. The number of rotatable bonds is 24. The molecule has 25 nitrogen and oxygen atoms in total. The lowest BCUT2D eigenvalue weighted by atomic mass is 9.74. The van der Waals surface area contributed by atoms with Crippen LogP contribution in [0.2, 0.25) is 0 Å². The number of methoxy groups -OCH3 is 2. The number of anilines is 1. The minimum atomic E-state index is -4.23. The lowest BCUT2D eigenvalue weighted by Crippen LogP contribution is -2.61. The summed E-state index contributed by atoms with van der Waals surface area (Å²) in [6, 6.07) is 13.9. The molecule has 18 atom stereocenters. The number of ketones is 2. The summed E-state index contributed by atoms with van der Waals surface area (Å²) >= 11 is 0. The molecule has 0 bridgehead atoms. The van der Waals surface area contributed by atoms with E-state index in [1.54, 1.807) is 78.8 Å². The normalized spacial score (nSPS) is 32.0. The molecule has 18 unspecified atom stereocenters. The van der Waals surface area contributed by atoms with Crippen LogP contribution in [-0.4, -0.2) is 197 Å². The van der Waals surface area contributed by atoms with Crippen molar-refractivity contribution in [2.75, 3.05) is 40.2 Å². The average molecular weight is 1350 g/mol. The number of carbonyl (C=O) groups is 5. The van der Waals surface area contributed by atoms with Crippen molar-refractivity contribution in [1.29, 1.82) is 0 Å². The van der Waals surface area contributed by atoms with Crippen molar-refractivity contribution in [3.63, 3.8) is 0 Å². The molecule has 94 heavy (non-hydrogen) atoms. The number of aliphatic hydroxyl groups excluding tert-OH is 2. The number of nitrogens with zero attached hydrogens (tertiary/aromatic N) is 2. The second-order valence-electron chi connectivity index (χ2n) is 26.4. The van der Waals surface area contributed by atoms with Crippen molar-refractivity contribution >= 4 is 57.0 Å². The molecule has 3 aromatic rings. The molecule has 534 valence electrons. The number of cyclic esters (lactones) is 1. The number of esters is 2. The van der Waals surface area contributed by atoms with Gasteiger partial charge in [-0.05, 0) is 99.5 Å². The number of aliphatic hydroxyl groups is 4. The Kier molecular flexibility index (Phi) is 32.5. The highest BCUT2D eigenvalue weighted by Gasteiger charge is 2.54. The van der Waals surface area contributed by atoms with Crippen LogP contribution in [-0.2, 0) is 66.9 Å². The quantitative estimate of drug-likeness (QED) is 0.0144.